The van der Waals surface area contributed by atoms with E-state index in [-0.39, 0.29) is 10.0 Å². The van der Waals surface area contributed by atoms with Gasteiger partial charge in [-0.3, -0.25) is 10.1 Å². The largest absolute Gasteiger partial charge is 0.493 e. The summed E-state index contributed by atoms with van der Waals surface area (Å²) in [7, 11) is -3.47. The number of nitrogens with one attached hydrogen (secondary N) is 2. The second kappa shape index (κ2) is 9.86. The summed E-state index contributed by atoms with van der Waals surface area (Å²) in [5, 5.41) is 5.60. The zero-order chi connectivity index (χ0) is 21.7. The van der Waals surface area contributed by atoms with E-state index in [0.717, 1.165) is 17.3 Å². The van der Waals surface area contributed by atoms with Crippen molar-refractivity contribution in [2.24, 2.45) is 0 Å². The van der Waals surface area contributed by atoms with Crippen LogP contribution in [0.2, 0.25) is 0 Å². The monoisotopic (exact) mass is 511 g/mol. The van der Waals surface area contributed by atoms with Crippen molar-refractivity contribution in [2.45, 2.75) is 24.7 Å². The number of ether oxygens (including phenoxy) is 1. The van der Waals surface area contributed by atoms with Crippen LogP contribution in [-0.2, 0) is 10.0 Å². The van der Waals surface area contributed by atoms with Gasteiger partial charge in [-0.25, -0.2) is 8.42 Å². The average Bonchev–Trinajstić information content (AvgIpc) is 3.25. The van der Waals surface area contributed by atoms with Crippen molar-refractivity contribution in [1.29, 1.82) is 0 Å². The van der Waals surface area contributed by atoms with E-state index in [1.807, 2.05) is 6.92 Å². The molecule has 30 heavy (non-hydrogen) atoms. The van der Waals surface area contributed by atoms with Crippen LogP contribution in [0.3, 0.4) is 0 Å². The Labute approximate surface area is 190 Å². The van der Waals surface area contributed by atoms with Gasteiger partial charge in [-0.05, 0) is 74.4 Å². The van der Waals surface area contributed by atoms with Crippen molar-refractivity contribution in [2.75, 3.05) is 25.0 Å². The summed E-state index contributed by atoms with van der Waals surface area (Å²) in [6, 6.07) is 11.4. The van der Waals surface area contributed by atoms with Crippen LogP contribution in [0.25, 0.3) is 0 Å². The number of sulfonamides is 1. The molecule has 1 heterocycles. The number of nitrogens with zero attached hydrogens (tertiary/aromatic N) is 1. The minimum Gasteiger partial charge on any atom is -0.493 e. The van der Waals surface area contributed by atoms with E-state index in [1.165, 1.54) is 16.4 Å². The highest BCUT2D eigenvalue weighted by atomic mass is 79.9. The molecule has 160 valence electrons. The van der Waals surface area contributed by atoms with Crippen molar-refractivity contribution >= 4 is 54.9 Å². The van der Waals surface area contributed by atoms with Crippen LogP contribution in [0.4, 0.5) is 5.69 Å². The number of hydrogen-bond donors (Lipinski definition) is 2. The van der Waals surface area contributed by atoms with Gasteiger partial charge in [0.2, 0.25) is 10.0 Å². The molecule has 2 aromatic carbocycles. The van der Waals surface area contributed by atoms with Crippen LogP contribution in [0, 0.1) is 0 Å². The number of rotatable bonds is 6. The Kier molecular flexibility index (Phi) is 7.45. The fraction of sp³-hybridized carbons (Fsp3) is 0.300. The number of thiocarbonyl (C=S) groups is 1. The summed E-state index contributed by atoms with van der Waals surface area (Å²) in [6.07, 6.45) is 1.77. The first-order valence-electron chi connectivity index (χ1n) is 9.46. The number of hydrogen-bond acceptors (Lipinski definition) is 5. The van der Waals surface area contributed by atoms with Crippen molar-refractivity contribution < 1.29 is 17.9 Å². The van der Waals surface area contributed by atoms with Crippen LogP contribution < -0.4 is 15.4 Å². The Morgan fingerprint density at radius 1 is 1.17 bits per heavy atom. The maximum Gasteiger partial charge on any atom is 0.261 e. The topological polar surface area (TPSA) is 87.7 Å². The predicted octanol–water partition coefficient (Wildman–Crippen LogP) is 3.76. The van der Waals surface area contributed by atoms with Crippen molar-refractivity contribution in [3.63, 3.8) is 0 Å². The third-order valence-electron chi connectivity index (χ3n) is 4.53. The summed E-state index contributed by atoms with van der Waals surface area (Å²) < 4.78 is 32.9. The first-order chi connectivity index (χ1) is 14.3. The molecule has 1 fully saturated rings. The number of halogens is 1. The molecule has 0 bridgehead atoms. The van der Waals surface area contributed by atoms with Gasteiger partial charge in [-0.2, -0.15) is 4.31 Å². The van der Waals surface area contributed by atoms with E-state index in [0.29, 0.717) is 36.7 Å². The van der Waals surface area contributed by atoms with Gasteiger partial charge >= 0.3 is 0 Å². The fourth-order valence-electron chi connectivity index (χ4n) is 3.08. The van der Waals surface area contributed by atoms with Gasteiger partial charge in [0.25, 0.3) is 5.91 Å². The molecule has 1 saturated heterocycles. The smallest absolute Gasteiger partial charge is 0.261 e. The molecule has 0 aromatic heterocycles. The molecule has 3 rings (SSSR count). The lowest BCUT2D eigenvalue weighted by molar-refractivity contribution is 0.0974. The van der Waals surface area contributed by atoms with Crippen molar-refractivity contribution in [1.82, 2.24) is 9.62 Å². The fourth-order valence-corrected chi connectivity index (χ4v) is 5.17. The SMILES string of the molecule is CCOc1ccc(Br)cc1C(=O)NC(=S)Nc1ccc(S(=O)(=O)N2CCCC2)cc1. The van der Waals surface area contributed by atoms with Crippen LogP contribution in [0.1, 0.15) is 30.1 Å². The van der Waals surface area contributed by atoms with E-state index in [2.05, 4.69) is 26.6 Å². The van der Waals surface area contributed by atoms with Crippen molar-refractivity contribution in [3.8, 4) is 5.75 Å². The van der Waals surface area contributed by atoms with Gasteiger partial charge in [0.15, 0.2) is 5.11 Å². The van der Waals surface area contributed by atoms with Gasteiger partial charge in [0, 0.05) is 23.2 Å². The zero-order valence-electron chi connectivity index (χ0n) is 16.4. The van der Waals surface area contributed by atoms with E-state index in [1.54, 1.807) is 30.3 Å². The van der Waals surface area contributed by atoms with Gasteiger partial charge in [0.05, 0.1) is 17.1 Å². The lowest BCUT2D eigenvalue weighted by atomic mass is 10.2. The van der Waals surface area contributed by atoms with E-state index >= 15 is 0 Å². The van der Waals surface area contributed by atoms with Crippen LogP contribution in [0.15, 0.2) is 51.8 Å². The Morgan fingerprint density at radius 2 is 1.83 bits per heavy atom. The number of benzene rings is 2. The quantitative estimate of drug-likeness (QED) is 0.574. The highest BCUT2D eigenvalue weighted by molar-refractivity contribution is 9.10. The van der Waals surface area contributed by atoms with Crippen LogP contribution in [0.5, 0.6) is 5.75 Å². The lowest BCUT2D eigenvalue weighted by Gasteiger charge is -2.16. The number of carbonyl (C=O) groups is 1. The summed E-state index contributed by atoms with van der Waals surface area (Å²) >= 11 is 8.57. The molecule has 0 radical (unpaired) electrons. The molecular weight excluding hydrogens is 490 g/mol. The average molecular weight is 512 g/mol. The number of anilines is 1. The van der Waals surface area contributed by atoms with Crippen LogP contribution in [-0.4, -0.2) is 43.4 Å². The third-order valence-corrected chi connectivity index (χ3v) is 7.14. The second-order valence-electron chi connectivity index (χ2n) is 6.62. The molecule has 2 aromatic rings. The molecule has 0 spiro atoms. The lowest BCUT2D eigenvalue weighted by Crippen LogP contribution is -2.34. The van der Waals surface area contributed by atoms with Crippen LogP contribution >= 0.6 is 28.1 Å². The Bertz CT molecular complexity index is 1040. The van der Waals surface area contributed by atoms with Gasteiger partial charge < -0.3 is 10.1 Å². The molecule has 1 amide bonds. The maximum absolute atomic E-state index is 12.6. The van der Waals surface area contributed by atoms with Gasteiger partial charge in [-0.1, -0.05) is 15.9 Å². The standard InChI is InChI=1S/C20H22BrN3O4S2/c1-2-28-18-10-5-14(21)13-17(18)19(25)23-20(29)22-15-6-8-16(9-7-15)30(26,27)24-11-3-4-12-24/h5-10,13H,2-4,11-12H2,1H3,(H2,22,23,25,29). The molecule has 10 heteroatoms. The molecule has 0 aliphatic carbocycles. The predicted molar refractivity (Wildman–Crippen MR) is 123 cm³/mol. The summed E-state index contributed by atoms with van der Waals surface area (Å²) in [6.45, 7) is 3.37. The normalized spacial score (nSPS) is 14.3. The zero-order valence-corrected chi connectivity index (χ0v) is 19.6. The maximum atomic E-state index is 12.6. The second-order valence-corrected chi connectivity index (χ2v) is 9.88. The van der Waals surface area contributed by atoms with E-state index in [4.69, 9.17) is 17.0 Å². The highest BCUT2D eigenvalue weighted by Gasteiger charge is 2.26. The molecule has 2 N–H and O–H groups in total. The summed E-state index contributed by atoms with van der Waals surface area (Å²) in [4.78, 5) is 12.8. The molecule has 7 nitrogen and oxygen atoms in total. The molecule has 0 atom stereocenters. The number of carbonyl (C=O) groups excluding carboxylic acids is 1. The Balaban J connectivity index is 1.65. The van der Waals surface area contributed by atoms with E-state index < -0.39 is 15.9 Å². The third kappa shape index (κ3) is 5.37. The molecule has 1 aliphatic rings. The van der Waals surface area contributed by atoms with E-state index in [9.17, 15) is 13.2 Å². The van der Waals surface area contributed by atoms with Gasteiger partial charge in [0.1, 0.15) is 5.75 Å². The van der Waals surface area contributed by atoms with Gasteiger partial charge in [-0.15, -0.1) is 0 Å². The minimum absolute atomic E-state index is 0.0950. The molecular formula is C20H22BrN3O4S2. The Hall–Kier alpha value is -2.01. The molecule has 0 saturated carbocycles. The first-order valence-corrected chi connectivity index (χ1v) is 12.1. The number of amides is 1. The summed E-state index contributed by atoms with van der Waals surface area (Å²) in [5.74, 6) is 0.0444. The van der Waals surface area contributed by atoms with Crippen molar-refractivity contribution in [3.05, 3.63) is 52.5 Å². The highest BCUT2D eigenvalue weighted by Crippen LogP contribution is 2.24. The summed E-state index contributed by atoms with van der Waals surface area (Å²) in [5.41, 5.74) is 0.919. The Morgan fingerprint density at radius 3 is 2.47 bits per heavy atom. The minimum atomic E-state index is -3.47. The first kappa shape index (κ1) is 22.7. The molecule has 0 unspecified atom stereocenters. The molecule has 1 aliphatic heterocycles.